The van der Waals surface area contributed by atoms with Crippen LogP contribution in [0, 0.1) is 6.92 Å². The Kier molecular flexibility index (Phi) is 7.46. The first-order valence-corrected chi connectivity index (χ1v) is 6.70. The lowest BCUT2D eigenvalue weighted by molar-refractivity contribution is 0.138. The van der Waals surface area contributed by atoms with E-state index in [0.717, 1.165) is 38.5 Å². The Morgan fingerprint density at radius 3 is 2.72 bits per heavy atom. The first-order valence-electron chi connectivity index (χ1n) is 6.70. The van der Waals surface area contributed by atoms with E-state index in [1.807, 2.05) is 6.07 Å². The molecule has 0 spiro atoms. The lowest BCUT2D eigenvalue weighted by atomic mass is 10.1. The number of ether oxygens (including phenoxy) is 2. The lowest BCUT2D eigenvalue weighted by Crippen LogP contribution is -2.20. The molecule has 0 aliphatic carbocycles. The second-order valence-electron chi connectivity index (χ2n) is 4.43. The maximum absolute atomic E-state index is 5.61. The van der Waals surface area contributed by atoms with Crippen LogP contribution in [-0.4, -0.2) is 33.4 Å². The molecular formula is C15H25NO2. The largest absolute Gasteiger partial charge is 0.496 e. The van der Waals surface area contributed by atoms with Gasteiger partial charge in [-0.2, -0.15) is 0 Å². The summed E-state index contributed by atoms with van der Waals surface area (Å²) in [6.07, 6.45) is 2.07. The molecule has 1 aromatic carbocycles. The molecule has 0 radical (unpaired) electrons. The molecule has 0 aromatic heterocycles. The van der Waals surface area contributed by atoms with Crippen molar-refractivity contribution in [2.45, 2.75) is 26.7 Å². The van der Waals surface area contributed by atoms with Crippen molar-refractivity contribution in [3.05, 3.63) is 29.3 Å². The normalized spacial score (nSPS) is 10.6. The molecule has 1 rings (SSSR count). The zero-order chi connectivity index (χ0) is 13.2. The van der Waals surface area contributed by atoms with Crippen LogP contribution < -0.4 is 10.1 Å². The minimum atomic E-state index is 0.744. The third-order valence-corrected chi connectivity index (χ3v) is 2.80. The standard InChI is InChI=1S/C15H25NO2/c1-4-8-16-9-11-18-10-7-14-12-13(2)5-6-15(14)17-3/h5-6,12,16H,4,7-11H2,1-3H3. The van der Waals surface area contributed by atoms with Crippen LogP contribution in [0.5, 0.6) is 5.75 Å². The summed E-state index contributed by atoms with van der Waals surface area (Å²) in [5.41, 5.74) is 2.48. The predicted octanol–water partition coefficient (Wildman–Crippen LogP) is 2.56. The van der Waals surface area contributed by atoms with Gasteiger partial charge in [-0.05, 0) is 37.9 Å². The van der Waals surface area contributed by atoms with Crippen molar-refractivity contribution >= 4 is 0 Å². The zero-order valence-electron chi connectivity index (χ0n) is 11.8. The molecule has 0 saturated heterocycles. The van der Waals surface area contributed by atoms with Crippen LogP contribution in [0.1, 0.15) is 24.5 Å². The van der Waals surface area contributed by atoms with Gasteiger partial charge in [-0.1, -0.05) is 24.6 Å². The molecule has 1 aromatic rings. The quantitative estimate of drug-likeness (QED) is 0.684. The van der Waals surface area contributed by atoms with E-state index >= 15 is 0 Å². The van der Waals surface area contributed by atoms with Crippen LogP contribution >= 0.6 is 0 Å². The third kappa shape index (κ3) is 5.52. The Labute approximate surface area is 110 Å². The molecule has 0 bridgehead atoms. The summed E-state index contributed by atoms with van der Waals surface area (Å²) in [6.45, 7) is 7.77. The Hall–Kier alpha value is -1.06. The molecule has 0 aliphatic heterocycles. The topological polar surface area (TPSA) is 30.5 Å². The highest BCUT2D eigenvalue weighted by molar-refractivity contribution is 5.36. The highest BCUT2D eigenvalue weighted by Crippen LogP contribution is 2.19. The van der Waals surface area contributed by atoms with Crippen molar-refractivity contribution in [1.29, 1.82) is 0 Å². The Morgan fingerprint density at radius 2 is 2.00 bits per heavy atom. The van der Waals surface area contributed by atoms with Crippen LogP contribution in [0.15, 0.2) is 18.2 Å². The molecular weight excluding hydrogens is 226 g/mol. The summed E-state index contributed by atoms with van der Waals surface area (Å²) in [4.78, 5) is 0. The summed E-state index contributed by atoms with van der Waals surface area (Å²) < 4.78 is 10.9. The number of benzene rings is 1. The van der Waals surface area contributed by atoms with Crippen molar-refractivity contribution in [1.82, 2.24) is 5.32 Å². The molecule has 3 heteroatoms. The molecule has 0 aliphatic rings. The van der Waals surface area contributed by atoms with Crippen LogP contribution in [0.2, 0.25) is 0 Å². The van der Waals surface area contributed by atoms with E-state index < -0.39 is 0 Å². The van der Waals surface area contributed by atoms with Gasteiger partial charge in [-0.15, -0.1) is 0 Å². The van der Waals surface area contributed by atoms with Gasteiger partial charge in [-0.25, -0.2) is 0 Å². The summed E-state index contributed by atoms with van der Waals surface area (Å²) in [5.74, 6) is 0.952. The smallest absolute Gasteiger partial charge is 0.122 e. The van der Waals surface area contributed by atoms with Gasteiger partial charge in [0, 0.05) is 6.54 Å². The fourth-order valence-corrected chi connectivity index (χ4v) is 1.83. The molecule has 3 nitrogen and oxygen atoms in total. The van der Waals surface area contributed by atoms with Crippen molar-refractivity contribution in [3.63, 3.8) is 0 Å². The van der Waals surface area contributed by atoms with Crippen molar-refractivity contribution in [2.24, 2.45) is 0 Å². The van der Waals surface area contributed by atoms with Gasteiger partial charge in [0.1, 0.15) is 5.75 Å². The van der Waals surface area contributed by atoms with Gasteiger partial charge in [0.2, 0.25) is 0 Å². The maximum Gasteiger partial charge on any atom is 0.122 e. The molecule has 1 N–H and O–H groups in total. The van der Waals surface area contributed by atoms with Gasteiger partial charge in [0.25, 0.3) is 0 Å². The fraction of sp³-hybridized carbons (Fsp3) is 0.600. The molecule has 0 fully saturated rings. The van der Waals surface area contributed by atoms with E-state index in [1.54, 1.807) is 7.11 Å². The maximum atomic E-state index is 5.61. The van der Waals surface area contributed by atoms with Crippen LogP contribution in [-0.2, 0) is 11.2 Å². The minimum absolute atomic E-state index is 0.744. The summed E-state index contributed by atoms with van der Waals surface area (Å²) in [5, 5.41) is 3.32. The highest BCUT2D eigenvalue weighted by atomic mass is 16.5. The number of hydrogen-bond donors (Lipinski definition) is 1. The summed E-state index contributed by atoms with van der Waals surface area (Å²) in [7, 11) is 1.71. The average Bonchev–Trinajstić information content (AvgIpc) is 2.38. The molecule has 0 amide bonds. The first-order chi connectivity index (χ1) is 8.77. The fourth-order valence-electron chi connectivity index (χ4n) is 1.83. The zero-order valence-corrected chi connectivity index (χ0v) is 11.8. The van der Waals surface area contributed by atoms with Crippen LogP contribution in [0.25, 0.3) is 0 Å². The van der Waals surface area contributed by atoms with Crippen molar-refractivity contribution < 1.29 is 9.47 Å². The predicted molar refractivity (Wildman–Crippen MR) is 75.4 cm³/mol. The second-order valence-corrected chi connectivity index (χ2v) is 4.43. The van der Waals surface area contributed by atoms with E-state index in [2.05, 4.69) is 31.3 Å². The van der Waals surface area contributed by atoms with E-state index in [0.29, 0.717) is 0 Å². The van der Waals surface area contributed by atoms with Gasteiger partial charge < -0.3 is 14.8 Å². The minimum Gasteiger partial charge on any atom is -0.496 e. The number of methoxy groups -OCH3 is 1. The van der Waals surface area contributed by atoms with E-state index in [-0.39, 0.29) is 0 Å². The molecule has 0 unspecified atom stereocenters. The Morgan fingerprint density at radius 1 is 1.17 bits per heavy atom. The Balaban J connectivity index is 2.24. The lowest BCUT2D eigenvalue weighted by Gasteiger charge is -2.10. The molecule has 0 saturated carbocycles. The Bertz CT molecular complexity index is 339. The van der Waals surface area contributed by atoms with Gasteiger partial charge in [0.15, 0.2) is 0 Å². The van der Waals surface area contributed by atoms with Crippen LogP contribution in [0.3, 0.4) is 0 Å². The molecule has 0 heterocycles. The SMILES string of the molecule is CCCNCCOCCc1cc(C)ccc1OC. The van der Waals surface area contributed by atoms with E-state index in [1.165, 1.54) is 17.5 Å². The average molecular weight is 251 g/mol. The summed E-state index contributed by atoms with van der Waals surface area (Å²) in [6, 6.07) is 6.25. The monoisotopic (exact) mass is 251 g/mol. The second kappa shape index (κ2) is 8.95. The van der Waals surface area contributed by atoms with Crippen molar-refractivity contribution in [2.75, 3.05) is 33.4 Å². The number of hydrogen-bond acceptors (Lipinski definition) is 3. The molecule has 102 valence electrons. The highest BCUT2D eigenvalue weighted by Gasteiger charge is 2.02. The third-order valence-electron chi connectivity index (χ3n) is 2.80. The molecule has 0 atom stereocenters. The molecule has 18 heavy (non-hydrogen) atoms. The van der Waals surface area contributed by atoms with Gasteiger partial charge in [-0.3, -0.25) is 0 Å². The number of aryl methyl sites for hydroxylation is 1. The first kappa shape index (κ1) is 15.0. The van der Waals surface area contributed by atoms with E-state index in [4.69, 9.17) is 9.47 Å². The summed E-state index contributed by atoms with van der Waals surface area (Å²) >= 11 is 0. The van der Waals surface area contributed by atoms with Gasteiger partial charge >= 0.3 is 0 Å². The van der Waals surface area contributed by atoms with Crippen molar-refractivity contribution in [3.8, 4) is 5.75 Å². The van der Waals surface area contributed by atoms with E-state index in [9.17, 15) is 0 Å². The van der Waals surface area contributed by atoms with Crippen LogP contribution in [0.4, 0.5) is 0 Å². The number of nitrogens with one attached hydrogen (secondary N) is 1. The van der Waals surface area contributed by atoms with Gasteiger partial charge in [0.05, 0.1) is 20.3 Å². The number of rotatable bonds is 9.